The third-order valence-corrected chi connectivity index (χ3v) is 2.29. The van der Waals surface area contributed by atoms with Crippen molar-refractivity contribution >= 4 is 17.0 Å². The number of carbonyl (C=O) groups is 1. The quantitative estimate of drug-likeness (QED) is 0.579. The van der Waals surface area contributed by atoms with Gasteiger partial charge in [-0.2, -0.15) is 0 Å². The second-order valence-corrected chi connectivity index (χ2v) is 3.52. The molecule has 1 atom stereocenters. The number of aromatic amines is 2. The zero-order valence-corrected chi connectivity index (χ0v) is 8.23. The van der Waals surface area contributed by atoms with Crippen LogP contribution in [-0.2, 0) is 11.2 Å². The van der Waals surface area contributed by atoms with Crippen LogP contribution in [0.3, 0.4) is 0 Å². The fourth-order valence-corrected chi connectivity index (χ4v) is 1.52. The number of rotatable bonds is 3. The first kappa shape index (κ1) is 10.4. The lowest BCUT2D eigenvalue weighted by Gasteiger charge is -2.04. The van der Waals surface area contributed by atoms with E-state index in [-0.39, 0.29) is 12.1 Å². The van der Waals surface area contributed by atoms with E-state index in [2.05, 4.69) is 9.97 Å². The minimum atomic E-state index is -1.43. The number of carboxylic acid groups (broad SMARTS) is 1. The molecule has 0 amide bonds. The van der Waals surface area contributed by atoms with Gasteiger partial charge < -0.3 is 20.2 Å². The molecule has 1 aromatic heterocycles. The van der Waals surface area contributed by atoms with Gasteiger partial charge in [-0.25, -0.2) is 9.59 Å². The van der Waals surface area contributed by atoms with E-state index in [1.54, 1.807) is 18.2 Å². The molecule has 0 bridgehead atoms. The van der Waals surface area contributed by atoms with Gasteiger partial charge >= 0.3 is 11.7 Å². The van der Waals surface area contributed by atoms with Gasteiger partial charge in [0.05, 0.1) is 11.0 Å². The second kappa shape index (κ2) is 3.82. The molecule has 1 aromatic carbocycles. The van der Waals surface area contributed by atoms with E-state index in [1.807, 2.05) is 0 Å². The Balaban J connectivity index is 2.32. The summed E-state index contributed by atoms with van der Waals surface area (Å²) in [6, 6.07) is 4.97. The number of aliphatic hydroxyl groups excluding tert-OH is 1. The number of aliphatic hydroxyl groups is 1. The van der Waals surface area contributed by atoms with Crippen molar-refractivity contribution in [2.24, 2.45) is 0 Å². The second-order valence-electron chi connectivity index (χ2n) is 3.52. The van der Waals surface area contributed by atoms with Gasteiger partial charge in [-0.3, -0.25) is 0 Å². The van der Waals surface area contributed by atoms with Crippen LogP contribution < -0.4 is 5.69 Å². The summed E-state index contributed by atoms with van der Waals surface area (Å²) >= 11 is 0. The lowest BCUT2D eigenvalue weighted by Crippen LogP contribution is -2.21. The van der Waals surface area contributed by atoms with E-state index in [1.165, 1.54) is 0 Å². The summed E-state index contributed by atoms with van der Waals surface area (Å²) in [5, 5.41) is 17.7. The van der Waals surface area contributed by atoms with Crippen molar-refractivity contribution in [1.29, 1.82) is 0 Å². The van der Waals surface area contributed by atoms with E-state index in [9.17, 15) is 14.7 Å². The van der Waals surface area contributed by atoms with E-state index in [0.29, 0.717) is 16.6 Å². The smallest absolute Gasteiger partial charge is 0.332 e. The van der Waals surface area contributed by atoms with E-state index >= 15 is 0 Å². The molecule has 6 nitrogen and oxygen atoms in total. The largest absolute Gasteiger partial charge is 0.479 e. The molecule has 2 aromatic rings. The first-order valence-electron chi connectivity index (χ1n) is 4.68. The van der Waals surface area contributed by atoms with Gasteiger partial charge in [-0.15, -0.1) is 0 Å². The Morgan fingerprint density at radius 3 is 2.69 bits per heavy atom. The number of hydrogen-bond acceptors (Lipinski definition) is 3. The van der Waals surface area contributed by atoms with Gasteiger partial charge in [-0.1, -0.05) is 6.07 Å². The van der Waals surface area contributed by atoms with Gasteiger partial charge in [0.25, 0.3) is 0 Å². The highest BCUT2D eigenvalue weighted by molar-refractivity contribution is 5.76. The molecule has 0 spiro atoms. The number of hydrogen-bond donors (Lipinski definition) is 4. The van der Waals surface area contributed by atoms with E-state index in [0.717, 1.165) is 0 Å². The van der Waals surface area contributed by atoms with E-state index in [4.69, 9.17) is 5.11 Å². The van der Waals surface area contributed by atoms with Crippen molar-refractivity contribution in [2.45, 2.75) is 12.5 Å². The summed E-state index contributed by atoms with van der Waals surface area (Å²) < 4.78 is 0. The number of benzene rings is 1. The highest BCUT2D eigenvalue weighted by Crippen LogP contribution is 2.11. The maximum absolute atomic E-state index is 11.0. The van der Waals surface area contributed by atoms with Crippen LogP contribution in [0.15, 0.2) is 23.0 Å². The van der Waals surface area contributed by atoms with Crippen LogP contribution in [0.25, 0.3) is 11.0 Å². The minimum Gasteiger partial charge on any atom is -0.479 e. The van der Waals surface area contributed by atoms with Crippen molar-refractivity contribution < 1.29 is 15.0 Å². The van der Waals surface area contributed by atoms with Gasteiger partial charge in [-0.05, 0) is 17.7 Å². The predicted molar refractivity (Wildman–Crippen MR) is 56.3 cm³/mol. The summed E-state index contributed by atoms with van der Waals surface area (Å²) in [6.45, 7) is 0. The van der Waals surface area contributed by atoms with E-state index < -0.39 is 12.1 Å². The predicted octanol–water partition coefficient (Wildman–Crippen LogP) is -0.156. The van der Waals surface area contributed by atoms with Crippen molar-refractivity contribution in [3.05, 3.63) is 34.2 Å². The number of aliphatic carboxylic acids is 1. The third-order valence-electron chi connectivity index (χ3n) is 2.29. The third kappa shape index (κ3) is 1.96. The molecule has 2 rings (SSSR count). The first-order valence-corrected chi connectivity index (χ1v) is 4.68. The molecule has 0 aliphatic heterocycles. The number of carboxylic acids is 1. The summed E-state index contributed by atoms with van der Waals surface area (Å²) in [5.74, 6) is -1.26. The molecule has 0 radical (unpaired) electrons. The monoisotopic (exact) mass is 222 g/mol. The summed E-state index contributed by atoms with van der Waals surface area (Å²) in [4.78, 5) is 26.6. The molecular weight excluding hydrogens is 212 g/mol. The average molecular weight is 222 g/mol. The molecule has 1 heterocycles. The van der Waals surface area contributed by atoms with Crippen LogP contribution in [0.2, 0.25) is 0 Å². The lowest BCUT2D eigenvalue weighted by atomic mass is 10.1. The maximum atomic E-state index is 11.0. The van der Waals surface area contributed by atoms with Crippen molar-refractivity contribution in [3.8, 4) is 0 Å². The Kier molecular flexibility index (Phi) is 2.49. The molecule has 4 N–H and O–H groups in total. The number of aromatic nitrogens is 2. The molecule has 6 heteroatoms. The molecule has 0 saturated carbocycles. The van der Waals surface area contributed by atoms with Crippen molar-refractivity contribution in [3.63, 3.8) is 0 Å². The first-order chi connectivity index (χ1) is 7.56. The standard InChI is InChI=1S/C10H10N2O4/c13-8(9(14)15)4-5-1-2-6-7(3-5)12-10(16)11-6/h1-3,8,13H,4H2,(H,14,15)(H2,11,12,16). The summed E-state index contributed by atoms with van der Waals surface area (Å²) in [6.07, 6.45) is -1.42. The minimum absolute atomic E-state index is 0.0124. The van der Waals surface area contributed by atoms with Crippen LogP contribution in [-0.4, -0.2) is 32.3 Å². The number of fused-ring (bicyclic) bond motifs is 1. The fraction of sp³-hybridized carbons (Fsp3) is 0.200. The van der Waals surface area contributed by atoms with Crippen molar-refractivity contribution in [2.75, 3.05) is 0 Å². The summed E-state index contributed by atoms with van der Waals surface area (Å²) in [7, 11) is 0. The Hall–Kier alpha value is -2.08. The van der Waals surface area contributed by atoms with Crippen LogP contribution >= 0.6 is 0 Å². The van der Waals surface area contributed by atoms with Gasteiger partial charge in [0.2, 0.25) is 0 Å². The Morgan fingerprint density at radius 1 is 1.31 bits per heavy atom. The zero-order valence-electron chi connectivity index (χ0n) is 8.23. The number of H-pyrrole nitrogens is 2. The SMILES string of the molecule is O=C(O)C(O)Cc1ccc2[nH]c(=O)[nH]c2c1. The molecule has 16 heavy (non-hydrogen) atoms. The molecule has 0 aliphatic rings. The molecule has 0 aliphatic carbocycles. The van der Waals surface area contributed by atoms with Gasteiger partial charge in [0.15, 0.2) is 6.10 Å². The number of imidazole rings is 1. The van der Waals surface area contributed by atoms with Crippen LogP contribution in [0, 0.1) is 0 Å². The molecule has 0 saturated heterocycles. The maximum Gasteiger partial charge on any atom is 0.332 e. The van der Waals surface area contributed by atoms with Crippen molar-refractivity contribution in [1.82, 2.24) is 9.97 Å². The molecular formula is C10H10N2O4. The molecule has 1 unspecified atom stereocenters. The zero-order chi connectivity index (χ0) is 11.7. The van der Waals surface area contributed by atoms with Crippen LogP contribution in [0.5, 0.6) is 0 Å². The fourth-order valence-electron chi connectivity index (χ4n) is 1.52. The normalized spacial score (nSPS) is 12.8. The molecule has 84 valence electrons. The number of nitrogens with one attached hydrogen (secondary N) is 2. The average Bonchev–Trinajstić information content (AvgIpc) is 2.57. The molecule has 0 fully saturated rings. The lowest BCUT2D eigenvalue weighted by molar-refractivity contribution is -0.146. The highest BCUT2D eigenvalue weighted by atomic mass is 16.4. The van der Waals surface area contributed by atoms with Gasteiger partial charge in [0, 0.05) is 6.42 Å². The Bertz CT molecular complexity index is 584. The van der Waals surface area contributed by atoms with Crippen LogP contribution in [0.1, 0.15) is 5.56 Å². The topological polar surface area (TPSA) is 106 Å². The van der Waals surface area contributed by atoms with Gasteiger partial charge in [0.1, 0.15) is 0 Å². The Labute approximate surface area is 89.5 Å². The van der Waals surface area contributed by atoms with Crippen LogP contribution in [0.4, 0.5) is 0 Å². The summed E-state index contributed by atoms with van der Waals surface area (Å²) in [5.41, 5.74) is 1.59. The highest BCUT2D eigenvalue weighted by Gasteiger charge is 2.13. The Morgan fingerprint density at radius 2 is 2.00 bits per heavy atom.